The molecule has 7 heteroatoms. The first-order valence-corrected chi connectivity index (χ1v) is 8.15. The monoisotopic (exact) mass is 337 g/mol. The lowest BCUT2D eigenvalue weighted by atomic mass is 9.80. The van der Waals surface area contributed by atoms with Gasteiger partial charge in [-0.1, -0.05) is 13.8 Å². The first-order chi connectivity index (χ1) is 10.6. The van der Waals surface area contributed by atoms with Gasteiger partial charge in [-0.2, -0.15) is 13.2 Å². The number of carbonyl (C=O) groups excluding carboxylic acids is 1. The Morgan fingerprint density at radius 3 is 2.17 bits per heavy atom. The predicted molar refractivity (Wildman–Crippen MR) is 79.7 cm³/mol. The molecule has 0 radical (unpaired) electrons. The average Bonchev–Trinajstić information content (AvgIpc) is 2.42. The number of hydrogen-bond acceptors (Lipinski definition) is 2. The van der Waals surface area contributed by atoms with Gasteiger partial charge in [0.05, 0.1) is 11.8 Å². The summed E-state index contributed by atoms with van der Waals surface area (Å²) >= 11 is 0. The fourth-order valence-electron chi connectivity index (χ4n) is 3.11. The van der Waals surface area contributed by atoms with Gasteiger partial charge in [0.1, 0.15) is 0 Å². The molecule has 1 rings (SSSR count). The van der Waals surface area contributed by atoms with Crippen LogP contribution < -0.4 is 5.32 Å². The highest BCUT2D eigenvalue weighted by atomic mass is 19.4. The average molecular weight is 337 g/mol. The number of carboxylic acid groups (broad SMARTS) is 1. The van der Waals surface area contributed by atoms with E-state index in [0.29, 0.717) is 19.3 Å². The summed E-state index contributed by atoms with van der Waals surface area (Å²) in [6, 6.07) is 0. The lowest BCUT2D eigenvalue weighted by Crippen LogP contribution is -2.35. The molecule has 4 nitrogen and oxygen atoms in total. The number of alkyl halides is 3. The number of aliphatic carboxylic acids is 1. The number of rotatable bonds is 7. The van der Waals surface area contributed by atoms with E-state index >= 15 is 0 Å². The zero-order valence-corrected chi connectivity index (χ0v) is 13.7. The van der Waals surface area contributed by atoms with Crippen LogP contribution in [0.15, 0.2) is 0 Å². The molecule has 0 aromatic heterocycles. The summed E-state index contributed by atoms with van der Waals surface area (Å²) in [4.78, 5) is 23.0. The quantitative estimate of drug-likeness (QED) is 0.746. The van der Waals surface area contributed by atoms with Crippen LogP contribution in [0, 0.1) is 23.7 Å². The van der Waals surface area contributed by atoms with Crippen molar-refractivity contribution in [3.8, 4) is 0 Å². The molecule has 1 unspecified atom stereocenters. The Bertz CT molecular complexity index is 402. The summed E-state index contributed by atoms with van der Waals surface area (Å²) in [6.07, 6.45) is -2.54. The van der Waals surface area contributed by atoms with Crippen LogP contribution in [0.3, 0.4) is 0 Å². The molecule has 134 valence electrons. The van der Waals surface area contributed by atoms with Gasteiger partial charge in [-0.05, 0) is 43.9 Å². The van der Waals surface area contributed by atoms with Crippen LogP contribution in [0.2, 0.25) is 0 Å². The van der Waals surface area contributed by atoms with Crippen LogP contribution in [-0.4, -0.2) is 29.7 Å². The molecule has 0 aliphatic heterocycles. The van der Waals surface area contributed by atoms with Crippen LogP contribution in [0.1, 0.15) is 52.4 Å². The molecular formula is C16H26F3NO3. The van der Waals surface area contributed by atoms with Gasteiger partial charge in [-0.25, -0.2) is 0 Å². The van der Waals surface area contributed by atoms with E-state index in [4.69, 9.17) is 5.11 Å². The molecule has 1 fully saturated rings. The van der Waals surface area contributed by atoms with Crippen molar-refractivity contribution in [3.63, 3.8) is 0 Å². The van der Waals surface area contributed by atoms with Gasteiger partial charge in [0.15, 0.2) is 0 Å². The van der Waals surface area contributed by atoms with E-state index in [9.17, 15) is 22.8 Å². The van der Waals surface area contributed by atoms with E-state index in [2.05, 4.69) is 5.32 Å². The normalized spacial score (nSPS) is 23.6. The summed E-state index contributed by atoms with van der Waals surface area (Å²) in [6.45, 7) is 3.90. The van der Waals surface area contributed by atoms with Crippen molar-refractivity contribution < 1.29 is 27.9 Å². The Hall–Kier alpha value is -1.27. The largest absolute Gasteiger partial charge is 0.481 e. The topological polar surface area (TPSA) is 66.4 Å². The maximum absolute atomic E-state index is 12.6. The van der Waals surface area contributed by atoms with E-state index in [1.165, 1.54) is 0 Å². The summed E-state index contributed by atoms with van der Waals surface area (Å²) in [5, 5.41) is 11.7. The molecule has 1 amide bonds. The molecule has 0 aromatic rings. The van der Waals surface area contributed by atoms with Crippen molar-refractivity contribution >= 4 is 11.9 Å². The lowest BCUT2D eigenvalue weighted by molar-refractivity contribution is -0.184. The molecular weight excluding hydrogens is 311 g/mol. The Kier molecular flexibility index (Phi) is 7.35. The number of halogens is 3. The second-order valence-corrected chi connectivity index (χ2v) is 6.93. The molecule has 1 aliphatic rings. The smallest absolute Gasteiger partial charge is 0.391 e. The summed E-state index contributed by atoms with van der Waals surface area (Å²) in [5.41, 5.74) is 0. The Morgan fingerprint density at radius 2 is 1.74 bits per heavy atom. The molecule has 0 heterocycles. The van der Waals surface area contributed by atoms with Gasteiger partial charge in [0, 0.05) is 13.0 Å². The molecule has 0 bridgehead atoms. The SMILES string of the molecule is CC(C)CC(CNC(=O)CC1CCC(C(F)(F)F)CC1)C(=O)O. The minimum absolute atomic E-state index is 0.0398. The number of amides is 1. The summed E-state index contributed by atoms with van der Waals surface area (Å²) < 4.78 is 37.8. The van der Waals surface area contributed by atoms with Crippen molar-refractivity contribution in [2.45, 2.75) is 58.5 Å². The number of hydrogen-bond donors (Lipinski definition) is 2. The van der Waals surface area contributed by atoms with Crippen LogP contribution in [0.5, 0.6) is 0 Å². The van der Waals surface area contributed by atoms with E-state index in [0.717, 1.165) is 0 Å². The van der Waals surface area contributed by atoms with Crippen molar-refractivity contribution in [2.75, 3.05) is 6.54 Å². The summed E-state index contributed by atoms with van der Waals surface area (Å²) in [5.74, 6) is -2.91. The molecule has 0 aromatic carbocycles. The molecule has 1 aliphatic carbocycles. The molecule has 23 heavy (non-hydrogen) atoms. The van der Waals surface area contributed by atoms with Crippen LogP contribution >= 0.6 is 0 Å². The third kappa shape index (κ3) is 7.22. The van der Waals surface area contributed by atoms with Crippen LogP contribution in [-0.2, 0) is 9.59 Å². The Labute approximate surface area is 134 Å². The zero-order valence-electron chi connectivity index (χ0n) is 13.7. The highest BCUT2D eigenvalue weighted by Crippen LogP contribution is 2.40. The number of carboxylic acids is 1. The predicted octanol–water partition coefficient (Wildman–Crippen LogP) is 3.61. The number of nitrogens with one attached hydrogen (secondary N) is 1. The Morgan fingerprint density at radius 1 is 1.17 bits per heavy atom. The molecule has 0 spiro atoms. The Balaban J connectivity index is 2.33. The highest BCUT2D eigenvalue weighted by molar-refractivity contribution is 5.77. The van der Waals surface area contributed by atoms with E-state index in [-0.39, 0.29) is 43.6 Å². The standard InChI is InChI=1S/C16H26F3NO3/c1-10(2)7-12(15(22)23)9-20-14(21)8-11-3-5-13(6-4-11)16(17,18)19/h10-13H,3-9H2,1-2H3,(H,20,21)(H,22,23). The van der Waals surface area contributed by atoms with Gasteiger partial charge < -0.3 is 10.4 Å². The van der Waals surface area contributed by atoms with Gasteiger partial charge >= 0.3 is 12.1 Å². The fourth-order valence-corrected chi connectivity index (χ4v) is 3.11. The van der Waals surface area contributed by atoms with E-state index < -0.39 is 24.0 Å². The molecule has 1 atom stereocenters. The second-order valence-electron chi connectivity index (χ2n) is 6.93. The third-order valence-electron chi connectivity index (χ3n) is 4.43. The lowest BCUT2D eigenvalue weighted by Gasteiger charge is -2.29. The highest BCUT2D eigenvalue weighted by Gasteiger charge is 2.41. The van der Waals surface area contributed by atoms with Crippen LogP contribution in [0.25, 0.3) is 0 Å². The van der Waals surface area contributed by atoms with Gasteiger partial charge in [0.2, 0.25) is 5.91 Å². The maximum atomic E-state index is 12.6. The van der Waals surface area contributed by atoms with Crippen molar-refractivity contribution in [1.82, 2.24) is 5.32 Å². The van der Waals surface area contributed by atoms with Crippen molar-refractivity contribution in [2.24, 2.45) is 23.7 Å². The first-order valence-electron chi connectivity index (χ1n) is 8.15. The first kappa shape index (κ1) is 19.8. The van der Waals surface area contributed by atoms with Crippen molar-refractivity contribution in [3.05, 3.63) is 0 Å². The minimum Gasteiger partial charge on any atom is -0.481 e. The van der Waals surface area contributed by atoms with E-state index in [1.807, 2.05) is 13.8 Å². The zero-order chi connectivity index (χ0) is 17.6. The van der Waals surface area contributed by atoms with Gasteiger partial charge in [-0.3, -0.25) is 9.59 Å². The number of carbonyl (C=O) groups is 2. The van der Waals surface area contributed by atoms with Crippen molar-refractivity contribution in [1.29, 1.82) is 0 Å². The second kappa shape index (κ2) is 8.55. The summed E-state index contributed by atoms with van der Waals surface area (Å²) in [7, 11) is 0. The fraction of sp³-hybridized carbons (Fsp3) is 0.875. The van der Waals surface area contributed by atoms with Gasteiger partial charge in [0.25, 0.3) is 0 Å². The van der Waals surface area contributed by atoms with E-state index in [1.54, 1.807) is 0 Å². The molecule has 1 saturated carbocycles. The molecule has 2 N–H and O–H groups in total. The third-order valence-corrected chi connectivity index (χ3v) is 4.43. The van der Waals surface area contributed by atoms with Gasteiger partial charge in [-0.15, -0.1) is 0 Å². The maximum Gasteiger partial charge on any atom is 0.391 e. The van der Waals surface area contributed by atoms with Crippen LogP contribution in [0.4, 0.5) is 13.2 Å². The molecule has 0 saturated heterocycles. The minimum atomic E-state index is -4.14.